The molecule has 1 aliphatic rings. The molecular weight excluding hydrogens is 423 g/mol. The van der Waals surface area contributed by atoms with Crippen molar-refractivity contribution >= 4 is 5.69 Å². The molecular formula is C30H37FN2O. The summed E-state index contributed by atoms with van der Waals surface area (Å²) < 4.78 is 19.1. The number of benzene rings is 2. The van der Waals surface area contributed by atoms with Crippen LogP contribution < -0.4 is 9.64 Å². The molecule has 4 rings (SSSR count). The molecule has 0 atom stereocenters. The maximum atomic E-state index is 13.1. The topological polar surface area (TPSA) is 25.4 Å². The molecule has 180 valence electrons. The van der Waals surface area contributed by atoms with Crippen LogP contribution in [-0.4, -0.2) is 24.7 Å². The number of hydrogen-bond donors (Lipinski definition) is 0. The molecule has 1 saturated heterocycles. The average molecular weight is 461 g/mol. The molecule has 1 fully saturated rings. The highest BCUT2D eigenvalue weighted by molar-refractivity contribution is 5.83. The second-order valence-electron chi connectivity index (χ2n) is 10.2. The predicted octanol–water partition coefficient (Wildman–Crippen LogP) is 7.31. The molecule has 4 heteroatoms. The summed E-state index contributed by atoms with van der Waals surface area (Å²) in [4.78, 5) is 7.52. The van der Waals surface area contributed by atoms with Crippen LogP contribution in [0.5, 0.6) is 5.75 Å². The number of aromatic nitrogens is 1. The highest BCUT2D eigenvalue weighted by atomic mass is 19.1. The normalized spacial score (nSPS) is 15.4. The molecule has 34 heavy (non-hydrogen) atoms. The van der Waals surface area contributed by atoms with E-state index < -0.39 is 0 Å². The number of rotatable bonds is 7. The summed E-state index contributed by atoms with van der Waals surface area (Å²) in [5.41, 5.74) is 8.87. The summed E-state index contributed by atoms with van der Waals surface area (Å²) in [7, 11) is 0. The number of pyridine rings is 1. The minimum Gasteiger partial charge on any atom is -0.493 e. The summed E-state index contributed by atoms with van der Waals surface area (Å²) in [5.74, 6) is 0.639. The van der Waals surface area contributed by atoms with Gasteiger partial charge >= 0.3 is 0 Å². The van der Waals surface area contributed by atoms with Crippen molar-refractivity contribution < 1.29 is 9.13 Å². The lowest BCUT2D eigenvalue weighted by Crippen LogP contribution is -2.38. The van der Waals surface area contributed by atoms with Gasteiger partial charge in [-0.05, 0) is 79.5 Å². The fourth-order valence-electron chi connectivity index (χ4n) is 4.98. The van der Waals surface area contributed by atoms with E-state index in [-0.39, 0.29) is 5.82 Å². The first-order valence-electron chi connectivity index (χ1n) is 12.5. The molecule has 2 aromatic carbocycles. The van der Waals surface area contributed by atoms with Gasteiger partial charge in [-0.15, -0.1) is 0 Å². The van der Waals surface area contributed by atoms with E-state index in [2.05, 4.69) is 51.7 Å². The van der Waals surface area contributed by atoms with Crippen LogP contribution >= 0.6 is 0 Å². The zero-order chi connectivity index (χ0) is 24.3. The predicted molar refractivity (Wildman–Crippen MR) is 139 cm³/mol. The molecule has 0 unspecified atom stereocenters. The fraction of sp³-hybridized carbons (Fsp3) is 0.433. The van der Waals surface area contributed by atoms with E-state index in [1.54, 1.807) is 0 Å². The average Bonchev–Trinajstić information content (AvgIpc) is 2.81. The van der Waals surface area contributed by atoms with E-state index >= 15 is 0 Å². The van der Waals surface area contributed by atoms with Crippen LogP contribution in [-0.2, 0) is 12.8 Å². The molecule has 0 spiro atoms. The molecule has 0 amide bonds. The second-order valence-corrected chi connectivity index (χ2v) is 10.2. The maximum absolute atomic E-state index is 13.1. The number of ether oxygens (including phenoxy) is 1. The van der Waals surface area contributed by atoms with Gasteiger partial charge < -0.3 is 9.64 Å². The van der Waals surface area contributed by atoms with Crippen molar-refractivity contribution in [1.29, 1.82) is 0 Å². The number of hydrogen-bond acceptors (Lipinski definition) is 3. The van der Waals surface area contributed by atoms with E-state index in [0.717, 1.165) is 48.6 Å². The van der Waals surface area contributed by atoms with E-state index in [4.69, 9.17) is 9.72 Å². The highest BCUT2D eigenvalue weighted by Gasteiger charge is 2.29. The first-order valence-corrected chi connectivity index (χ1v) is 12.5. The molecule has 3 nitrogen and oxygen atoms in total. The Morgan fingerprint density at radius 3 is 2.21 bits per heavy atom. The Morgan fingerprint density at radius 1 is 0.941 bits per heavy atom. The van der Waals surface area contributed by atoms with Crippen LogP contribution in [0.25, 0.3) is 11.1 Å². The molecule has 0 saturated carbocycles. The zero-order valence-electron chi connectivity index (χ0n) is 21.2. The number of halogens is 1. The summed E-state index contributed by atoms with van der Waals surface area (Å²) in [6.45, 7) is 14.0. The highest BCUT2D eigenvalue weighted by Crippen LogP contribution is 2.41. The van der Waals surface area contributed by atoms with Crippen molar-refractivity contribution in [2.24, 2.45) is 5.41 Å². The van der Waals surface area contributed by atoms with Gasteiger partial charge in [0.05, 0.1) is 12.3 Å². The standard InChI is InChI=1S/C30H37FN2O/c1-6-27-21(2)32-22(3)28(29(27)33-18-16-30(4,5)17-19-33)24-9-13-26(14-10-24)34-20-15-23-7-11-25(31)12-8-23/h7-14H,6,15-20H2,1-5H3. The van der Waals surface area contributed by atoms with Gasteiger partial charge in [-0.3, -0.25) is 4.98 Å². The number of nitrogens with zero attached hydrogens (tertiary/aromatic N) is 2. The molecule has 0 N–H and O–H groups in total. The van der Waals surface area contributed by atoms with Crippen molar-refractivity contribution in [2.75, 3.05) is 24.6 Å². The molecule has 0 radical (unpaired) electrons. The van der Waals surface area contributed by atoms with Gasteiger partial charge in [-0.1, -0.05) is 45.0 Å². The van der Waals surface area contributed by atoms with Crippen LogP contribution in [0.2, 0.25) is 0 Å². The number of anilines is 1. The Kier molecular flexibility index (Phi) is 7.25. The van der Waals surface area contributed by atoms with E-state index in [1.165, 1.54) is 47.4 Å². The number of piperidine rings is 1. The first kappa shape index (κ1) is 24.3. The van der Waals surface area contributed by atoms with Crippen LogP contribution in [0, 0.1) is 25.1 Å². The Bertz CT molecular complexity index is 1110. The summed E-state index contributed by atoms with van der Waals surface area (Å²) >= 11 is 0. The van der Waals surface area contributed by atoms with Crippen molar-refractivity contribution in [2.45, 2.75) is 60.3 Å². The molecule has 0 aliphatic carbocycles. The minimum absolute atomic E-state index is 0.208. The maximum Gasteiger partial charge on any atom is 0.123 e. The first-order chi connectivity index (χ1) is 16.3. The zero-order valence-corrected chi connectivity index (χ0v) is 21.2. The third kappa shape index (κ3) is 5.43. The SMILES string of the molecule is CCc1c(C)nc(C)c(-c2ccc(OCCc3ccc(F)cc3)cc2)c1N1CCC(C)(C)CC1. The van der Waals surface area contributed by atoms with E-state index in [0.29, 0.717) is 12.0 Å². The third-order valence-electron chi connectivity index (χ3n) is 7.16. The lowest BCUT2D eigenvalue weighted by molar-refractivity contribution is 0.279. The molecule has 3 aromatic rings. The van der Waals surface area contributed by atoms with Crippen molar-refractivity contribution in [3.63, 3.8) is 0 Å². The van der Waals surface area contributed by atoms with E-state index in [1.807, 2.05) is 24.3 Å². The molecule has 0 bridgehead atoms. The Hall–Kier alpha value is -2.88. The van der Waals surface area contributed by atoms with E-state index in [9.17, 15) is 4.39 Å². The van der Waals surface area contributed by atoms with Crippen molar-refractivity contribution in [3.8, 4) is 16.9 Å². The lowest BCUT2D eigenvalue weighted by atomic mass is 9.82. The van der Waals surface area contributed by atoms with Gasteiger partial charge in [-0.25, -0.2) is 4.39 Å². The van der Waals surface area contributed by atoms with Gasteiger partial charge in [0.15, 0.2) is 0 Å². The Labute approximate surface area is 204 Å². The smallest absolute Gasteiger partial charge is 0.123 e. The van der Waals surface area contributed by atoms with Crippen molar-refractivity contribution in [1.82, 2.24) is 4.98 Å². The third-order valence-corrected chi connectivity index (χ3v) is 7.16. The number of aryl methyl sites for hydroxylation is 2. The lowest BCUT2D eigenvalue weighted by Gasteiger charge is -2.40. The minimum atomic E-state index is -0.208. The van der Waals surface area contributed by atoms with Gasteiger partial charge in [0.1, 0.15) is 11.6 Å². The monoisotopic (exact) mass is 460 g/mol. The van der Waals surface area contributed by atoms with Gasteiger partial charge in [0.25, 0.3) is 0 Å². The van der Waals surface area contributed by atoms with Crippen molar-refractivity contribution in [3.05, 3.63) is 76.9 Å². The van der Waals surface area contributed by atoms with Gasteiger partial charge in [0, 0.05) is 36.5 Å². The quantitative estimate of drug-likeness (QED) is 0.369. The summed E-state index contributed by atoms with van der Waals surface area (Å²) in [5, 5.41) is 0. The van der Waals surface area contributed by atoms with Crippen LogP contribution in [0.4, 0.5) is 10.1 Å². The largest absolute Gasteiger partial charge is 0.493 e. The molecule has 1 aromatic heterocycles. The summed E-state index contributed by atoms with van der Waals surface area (Å²) in [6.07, 6.45) is 4.14. The van der Waals surface area contributed by atoms with Crippen LogP contribution in [0.1, 0.15) is 56.1 Å². The second kappa shape index (κ2) is 10.2. The Balaban J connectivity index is 1.56. The van der Waals surface area contributed by atoms with Gasteiger partial charge in [-0.2, -0.15) is 0 Å². The van der Waals surface area contributed by atoms with Crippen LogP contribution in [0.3, 0.4) is 0 Å². The molecule has 1 aliphatic heterocycles. The fourth-order valence-corrected chi connectivity index (χ4v) is 4.98. The van der Waals surface area contributed by atoms with Crippen LogP contribution in [0.15, 0.2) is 48.5 Å². The Morgan fingerprint density at radius 2 is 1.59 bits per heavy atom. The van der Waals surface area contributed by atoms with Gasteiger partial charge in [0.2, 0.25) is 0 Å². The molecule has 2 heterocycles. The summed E-state index contributed by atoms with van der Waals surface area (Å²) in [6, 6.07) is 15.0.